The summed E-state index contributed by atoms with van der Waals surface area (Å²) in [4.78, 5) is 12.7. The number of amides is 1. The molecule has 1 fully saturated rings. The molecule has 0 atom stereocenters. The van der Waals surface area contributed by atoms with E-state index in [-0.39, 0.29) is 10.9 Å². The highest BCUT2D eigenvalue weighted by molar-refractivity contribution is 7.80. The molecule has 2 rings (SSSR count). The summed E-state index contributed by atoms with van der Waals surface area (Å²) in [7, 11) is 0. The first-order valence-corrected chi connectivity index (χ1v) is 7.17. The van der Waals surface area contributed by atoms with Crippen LogP contribution in [0.15, 0.2) is 24.3 Å². The highest BCUT2D eigenvalue weighted by Crippen LogP contribution is 2.31. The second-order valence-corrected chi connectivity index (χ2v) is 5.67. The molecule has 0 aliphatic carbocycles. The van der Waals surface area contributed by atoms with Gasteiger partial charge >= 0.3 is 0 Å². The molecular formula is C15H20N2O2S. The average Bonchev–Trinajstić information content (AvgIpc) is 2.47. The summed E-state index contributed by atoms with van der Waals surface area (Å²) in [6.07, 6.45) is 1.12. The second kappa shape index (κ2) is 6.33. The van der Waals surface area contributed by atoms with E-state index in [9.17, 15) is 4.79 Å². The van der Waals surface area contributed by atoms with Crippen LogP contribution in [0.2, 0.25) is 0 Å². The number of carbonyl (C=O) groups excluding carboxylic acids is 1. The van der Waals surface area contributed by atoms with Crippen LogP contribution in [-0.2, 0) is 16.1 Å². The summed E-state index contributed by atoms with van der Waals surface area (Å²) in [5.41, 5.74) is 7.32. The highest BCUT2D eigenvalue weighted by atomic mass is 32.1. The topological polar surface area (TPSA) is 64.4 Å². The predicted octanol–water partition coefficient (Wildman–Crippen LogP) is 1.69. The van der Waals surface area contributed by atoms with Gasteiger partial charge in [0.15, 0.2) is 0 Å². The Hall–Kier alpha value is -1.46. The number of hydrogen-bond donors (Lipinski definition) is 2. The van der Waals surface area contributed by atoms with E-state index in [4.69, 9.17) is 22.7 Å². The van der Waals surface area contributed by atoms with Crippen molar-refractivity contribution in [1.82, 2.24) is 5.32 Å². The van der Waals surface area contributed by atoms with Gasteiger partial charge in [-0.3, -0.25) is 4.79 Å². The highest BCUT2D eigenvalue weighted by Gasteiger charge is 2.42. The maximum absolute atomic E-state index is 12.5. The molecule has 108 valence electrons. The standard InChI is InChI=1S/C15H20N2O2S/c1-11-2-4-12(5-3-11)10-17-14(18)15(13(16)20)6-8-19-9-7-15/h2-5H,6-10H2,1H3,(H2,16,20)(H,17,18). The van der Waals surface area contributed by atoms with Crippen LogP contribution >= 0.6 is 12.2 Å². The van der Waals surface area contributed by atoms with Crippen molar-refractivity contribution < 1.29 is 9.53 Å². The van der Waals surface area contributed by atoms with E-state index < -0.39 is 5.41 Å². The van der Waals surface area contributed by atoms with Gasteiger partial charge in [0.05, 0.1) is 4.99 Å². The lowest BCUT2D eigenvalue weighted by atomic mass is 9.79. The largest absolute Gasteiger partial charge is 0.392 e. The number of ether oxygens (including phenoxy) is 1. The average molecular weight is 292 g/mol. The number of nitrogens with one attached hydrogen (secondary N) is 1. The molecular weight excluding hydrogens is 272 g/mol. The lowest BCUT2D eigenvalue weighted by Gasteiger charge is -2.34. The van der Waals surface area contributed by atoms with Crippen LogP contribution in [0.25, 0.3) is 0 Å². The molecule has 0 unspecified atom stereocenters. The van der Waals surface area contributed by atoms with Crippen molar-refractivity contribution in [3.63, 3.8) is 0 Å². The first-order chi connectivity index (χ1) is 9.54. The van der Waals surface area contributed by atoms with E-state index >= 15 is 0 Å². The smallest absolute Gasteiger partial charge is 0.233 e. The quantitative estimate of drug-likeness (QED) is 0.829. The normalized spacial score (nSPS) is 17.4. The van der Waals surface area contributed by atoms with Crippen LogP contribution in [0.3, 0.4) is 0 Å². The molecule has 20 heavy (non-hydrogen) atoms. The molecule has 1 aromatic rings. The molecule has 1 aromatic carbocycles. The molecule has 1 aliphatic rings. The van der Waals surface area contributed by atoms with Crippen molar-refractivity contribution >= 4 is 23.1 Å². The number of carbonyl (C=O) groups is 1. The minimum atomic E-state index is -0.752. The Morgan fingerprint density at radius 1 is 1.35 bits per heavy atom. The van der Waals surface area contributed by atoms with Crippen LogP contribution in [-0.4, -0.2) is 24.1 Å². The molecule has 0 aromatic heterocycles. The third-order valence-corrected chi connectivity index (χ3v) is 4.22. The summed E-state index contributed by atoms with van der Waals surface area (Å²) in [5.74, 6) is -0.0890. The first-order valence-electron chi connectivity index (χ1n) is 6.76. The summed E-state index contributed by atoms with van der Waals surface area (Å²) in [5, 5.41) is 2.95. The summed E-state index contributed by atoms with van der Waals surface area (Å²) >= 11 is 5.11. The van der Waals surface area contributed by atoms with Gasteiger partial charge < -0.3 is 15.8 Å². The molecule has 1 aliphatic heterocycles. The van der Waals surface area contributed by atoms with Gasteiger partial charge in [0.25, 0.3) is 0 Å². The monoisotopic (exact) mass is 292 g/mol. The first kappa shape index (κ1) is 14.9. The van der Waals surface area contributed by atoms with Gasteiger partial charge in [-0.15, -0.1) is 0 Å². The third-order valence-electron chi connectivity index (χ3n) is 3.83. The molecule has 1 saturated heterocycles. The lowest BCUT2D eigenvalue weighted by molar-refractivity contribution is -0.131. The maximum Gasteiger partial charge on any atom is 0.233 e. The third kappa shape index (κ3) is 3.16. The number of aryl methyl sites for hydroxylation is 1. The molecule has 1 amide bonds. The predicted molar refractivity (Wildman–Crippen MR) is 82.3 cm³/mol. The van der Waals surface area contributed by atoms with Crippen molar-refractivity contribution in [3.05, 3.63) is 35.4 Å². The van der Waals surface area contributed by atoms with E-state index in [0.29, 0.717) is 32.6 Å². The minimum absolute atomic E-state index is 0.0890. The van der Waals surface area contributed by atoms with Crippen LogP contribution in [0.4, 0.5) is 0 Å². The summed E-state index contributed by atoms with van der Waals surface area (Å²) in [6, 6.07) is 8.07. The number of thiocarbonyl (C=S) groups is 1. The molecule has 0 bridgehead atoms. The number of rotatable bonds is 4. The van der Waals surface area contributed by atoms with Gasteiger partial charge in [-0.1, -0.05) is 42.0 Å². The SMILES string of the molecule is Cc1ccc(CNC(=O)C2(C(N)=S)CCOCC2)cc1. The van der Waals surface area contributed by atoms with Gasteiger partial charge in [0.2, 0.25) is 5.91 Å². The Morgan fingerprint density at radius 2 is 1.95 bits per heavy atom. The fourth-order valence-electron chi connectivity index (χ4n) is 2.36. The van der Waals surface area contributed by atoms with Crippen molar-refractivity contribution in [2.24, 2.45) is 11.1 Å². The zero-order valence-electron chi connectivity index (χ0n) is 11.6. The Morgan fingerprint density at radius 3 is 2.50 bits per heavy atom. The molecule has 1 heterocycles. The Balaban J connectivity index is 2.02. The van der Waals surface area contributed by atoms with Crippen molar-refractivity contribution in [2.75, 3.05) is 13.2 Å². The molecule has 0 saturated carbocycles. The zero-order valence-corrected chi connectivity index (χ0v) is 12.5. The van der Waals surface area contributed by atoms with Gasteiger partial charge in [0.1, 0.15) is 5.41 Å². The minimum Gasteiger partial charge on any atom is -0.392 e. The second-order valence-electron chi connectivity index (χ2n) is 5.23. The molecule has 0 radical (unpaired) electrons. The lowest BCUT2D eigenvalue weighted by Crippen LogP contribution is -2.51. The van der Waals surface area contributed by atoms with Crippen LogP contribution in [0.1, 0.15) is 24.0 Å². The van der Waals surface area contributed by atoms with Gasteiger partial charge in [-0.25, -0.2) is 0 Å². The molecule has 3 N–H and O–H groups in total. The molecule has 4 nitrogen and oxygen atoms in total. The van der Waals surface area contributed by atoms with Gasteiger partial charge in [-0.2, -0.15) is 0 Å². The zero-order chi connectivity index (χ0) is 14.6. The summed E-state index contributed by atoms with van der Waals surface area (Å²) in [6.45, 7) is 3.57. The Labute approximate surface area is 124 Å². The van der Waals surface area contributed by atoms with Crippen molar-refractivity contribution in [2.45, 2.75) is 26.3 Å². The fourth-order valence-corrected chi connectivity index (χ4v) is 2.66. The number of benzene rings is 1. The van der Waals surface area contributed by atoms with Gasteiger partial charge in [-0.05, 0) is 25.3 Å². The van der Waals surface area contributed by atoms with Crippen LogP contribution in [0, 0.1) is 12.3 Å². The number of hydrogen-bond acceptors (Lipinski definition) is 3. The Kier molecular flexibility index (Phi) is 4.73. The van der Waals surface area contributed by atoms with E-state index in [1.807, 2.05) is 31.2 Å². The molecule has 0 spiro atoms. The maximum atomic E-state index is 12.5. The van der Waals surface area contributed by atoms with E-state index in [0.717, 1.165) is 5.56 Å². The number of nitrogens with two attached hydrogens (primary N) is 1. The van der Waals surface area contributed by atoms with E-state index in [1.165, 1.54) is 5.56 Å². The summed E-state index contributed by atoms with van der Waals surface area (Å²) < 4.78 is 5.31. The Bertz CT molecular complexity index is 493. The molecule has 5 heteroatoms. The van der Waals surface area contributed by atoms with E-state index in [2.05, 4.69) is 5.32 Å². The van der Waals surface area contributed by atoms with Gasteiger partial charge in [0, 0.05) is 19.8 Å². The van der Waals surface area contributed by atoms with Crippen LogP contribution < -0.4 is 11.1 Å². The van der Waals surface area contributed by atoms with Crippen LogP contribution in [0.5, 0.6) is 0 Å². The fraction of sp³-hybridized carbons (Fsp3) is 0.467. The van der Waals surface area contributed by atoms with E-state index in [1.54, 1.807) is 0 Å². The van der Waals surface area contributed by atoms with Crippen molar-refractivity contribution in [1.29, 1.82) is 0 Å². The van der Waals surface area contributed by atoms with Crippen molar-refractivity contribution in [3.8, 4) is 0 Å².